The molecule has 1 N–H and O–H groups in total. The van der Waals surface area contributed by atoms with Gasteiger partial charge in [-0.3, -0.25) is 4.68 Å². The molecule has 20 heavy (non-hydrogen) atoms. The maximum Gasteiger partial charge on any atom is 0.0702 e. The summed E-state index contributed by atoms with van der Waals surface area (Å²) in [7, 11) is 1.96. The zero-order valence-electron chi connectivity index (χ0n) is 12.4. The van der Waals surface area contributed by atoms with Crippen LogP contribution in [0.4, 0.5) is 0 Å². The van der Waals surface area contributed by atoms with Crippen molar-refractivity contribution in [1.29, 1.82) is 0 Å². The highest BCUT2D eigenvalue weighted by atomic mass is 35.5. The molecule has 2 aromatic rings. The summed E-state index contributed by atoms with van der Waals surface area (Å²) in [6, 6.07) is 6.28. The molecule has 0 atom stereocenters. The molecule has 0 saturated carbocycles. The van der Waals surface area contributed by atoms with Crippen LogP contribution >= 0.6 is 11.6 Å². The van der Waals surface area contributed by atoms with Crippen LogP contribution in [0.5, 0.6) is 0 Å². The van der Waals surface area contributed by atoms with Crippen LogP contribution in [0.15, 0.2) is 24.4 Å². The van der Waals surface area contributed by atoms with Gasteiger partial charge in [-0.1, -0.05) is 44.0 Å². The maximum absolute atomic E-state index is 6.38. The highest BCUT2D eigenvalue weighted by molar-refractivity contribution is 6.31. The fourth-order valence-electron chi connectivity index (χ4n) is 2.31. The van der Waals surface area contributed by atoms with E-state index in [0.717, 1.165) is 47.8 Å². The van der Waals surface area contributed by atoms with Gasteiger partial charge in [0.2, 0.25) is 0 Å². The Bertz CT molecular complexity index is 575. The van der Waals surface area contributed by atoms with Crippen LogP contribution in [0.25, 0.3) is 11.1 Å². The smallest absolute Gasteiger partial charge is 0.0702 e. The zero-order valence-corrected chi connectivity index (χ0v) is 13.2. The summed E-state index contributed by atoms with van der Waals surface area (Å²) >= 11 is 6.38. The number of aromatic nitrogens is 2. The van der Waals surface area contributed by atoms with Crippen molar-refractivity contribution in [2.75, 3.05) is 6.54 Å². The Morgan fingerprint density at radius 1 is 1.30 bits per heavy atom. The molecule has 0 fully saturated rings. The highest BCUT2D eigenvalue weighted by Gasteiger charge is 2.11. The minimum Gasteiger partial charge on any atom is -0.313 e. The molecule has 0 unspecified atom stereocenters. The Morgan fingerprint density at radius 3 is 2.75 bits per heavy atom. The molecule has 0 aliphatic carbocycles. The van der Waals surface area contributed by atoms with Gasteiger partial charge < -0.3 is 5.32 Å². The van der Waals surface area contributed by atoms with Crippen LogP contribution in [0.2, 0.25) is 5.02 Å². The Kier molecular flexibility index (Phi) is 5.21. The predicted octanol–water partition coefficient (Wildman–Crippen LogP) is 3.80. The van der Waals surface area contributed by atoms with Crippen LogP contribution in [-0.2, 0) is 20.0 Å². The summed E-state index contributed by atoms with van der Waals surface area (Å²) in [5.74, 6) is 0. The average molecular weight is 292 g/mol. The molecule has 4 heteroatoms. The lowest BCUT2D eigenvalue weighted by Gasteiger charge is -2.08. The minimum absolute atomic E-state index is 0.810. The molecule has 1 aromatic carbocycles. The summed E-state index contributed by atoms with van der Waals surface area (Å²) in [6.07, 6.45) is 4.16. The molecule has 1 heterocycles. The van der Waals surface area contributed by atoms with E-state index < -0.39 is 0 Å². The first-order chi connectivity index (χ1) is 9.65. The molecule has 108 valence electrons. The van der Waals surface area contributed by atoms with Crippen molar-refractivity contribution in [3.8, 4) is 11.1 Å². The number of benzene rings is 1. The largest absolute Gasteiger partial charge is 0.313 e. The first-order valence-corrected chi connectivity index (χ1v) is 7.55. The van der Waals surface area contributed by atoms with E-state index in [0.29, 0.717) is 0 Å². The summed E-state index contributed by atoms with van der Waals surface area (Å²) in [5, 5.41) is 8.65. The van der Waals surface area contributed by atoms with Crippen LogP contribution in [0, 0.1) is 0 Å². The van der Waals surface area contributed by atoms with E-state index in [4.69, 9.17) is 11.6 Å². The van der Waals surface area contributed by atoms with Gasteiger partial charge in [-0.05, 0) is 30.2 Å². The summed E-state index contributed by atoms with van der Waals surface area (Å²) in [6.45, 7) is 6.02. The molecule has 2 rings (SSSR count). The highest BCUT2D eigenvalue weighted by Crippen LogP contribution is 2.28. The number of nitrogens with one attached hydrogen (secondary N) is 1. The lowest BCUT2D eigenvalue weighted by Crippen LogP contribution is -2.11. The first kappa shape index (κ1) is 15.1. The quantitative estimate of drug-likeness (QED) is 0.877. The standard InChI is InChI=1S/C16H22ClN3/c1-4-6-16-14(11-20(3)19-16)12-7-8-13(10-18-5-2)15(17)9-12/h7-9,11,18H,4-6,10H2,1-3H3. The molecule has 0 amide bonds. The van der Waals surface area contributed by atoms with Crippen molar-refractivity contribution in [2.24, 2.45) is 7.05 Å². The van der Waals surface area contributed by atoms with Crippen LogP contribution in [0.3, 0.4) is 0 Å². The Morgan fingerprint density at radius 2 is 2.10 bits per heavy atom. The average Bonchev–Trinajstić information content (AvgIpc) is 2.79. The molecule has 0 spiro atoms. The molecular formula is C16H22ClN3. The van der Waals surface area contributed by atoms with Crippen molar-refractivity contribution in [2.45, 2.75) is 33.2 Å². The Hall–Kier alpha value is -1.32. The third kappa shape index (κ3) is 3.41. The third-order valence-corrected chi connectivity index (χ3v) is 3.67. The number of halogens is 1. The molecule has 0 aliphatic heterocycles. The van der Waals surface area contributed by atoms with Crippen molar-refractivity contribution in [1.82, 2.24) is 15.1 Å². The van der Waals surface area contributed by atoms with Gasteiger partial charge in [0.15, 0.2) is 0 Å². The SMILES string of the molecule is CCCc1nn(C)cc1-c1ccc(CNCC)c(Cl)c1. The van der Waals surface area contributed by atoms with Gasteiger partial charge in [0, 0.05) is 30.4 Å². The Balaban J connectivity index is 2.31. The van der Waals surface area contributed by atoms with E-state index in [1.807, 2.05) is 17.8 Å². The first-order valence-electron chi connectivity index (χ1n) is 7.17. The van der Waals surface area contributed by atoms with E-state index in [1.54, 1.807) is 0 Å². The van der Waals surface area contributed by atoms with Crippen molar-refractivity contribution in [3.05, 3.63) is 40.7 Å². The second-order valence-electron chi connectivity index (χ2n) is 5.00. The minimum atomic E-state index is 0.810. The van der Waals surface area contributed by atoms with Crippen molar-refractivity contribution in [3.63, 3.8) is 0 Å². The monoisotopic (exact) mass is 291 g/mol. The van der Waals surface area contributed by atoms with E-state index in [9.17, 15) is 0 Å². The van der Waals surface area contributed by atoms with Gasteiger partial charge in [-0.2, -0.15) is 5.10 Å². The maximum atomic E-state index is 6.38. The normalized spacial score (nSPS) is 11.0. The molecule has 0 bridgehead atoms. The van der Waals surface area contributed by atoms with E-state index in [-0.39, 0.29) is 0 Å². The molecule has 3 nitrogen and oxygen atoms in total. The number of aryl methyl sites for hydroxylation is 2. The second kappa shape index (κ2) is 6.91. The van der Waals surface area contributed by atoms with Crippen LogP contribution in [0.1, 0.15) is 31.5 Å². The van der Waals surface area contributed by atoms with E-state index in [1.165, 1.54) is 5.56 Å². The lowest BCUT2D eigenvalue weighted by atomic mass is 10.0. The molecule has 0 aliphatic rings. The van der Waals surface area contributed by atoms with Crippen molar-refractivity contribution < 1.29 is 0 Å². The number of hydrogen-bond acceptors (Lipinski definition) is 2. The van der Waals surface area contributed by atoms with Crippen LogP contribution in [-0.4, -0.2) is 16.3 Å². The fraction of sp³-hybridized carbons (Fsp3) is 0.438. The predicted molar refractivity (Wildman–Crippen MR) is 85.0 cm³/mol. The van der Waals surface area contributed by atoms with Gasteiger partial charge >= 0.3 is 0 Å². The van der Waals surface area contributed by atoms with E-state index >= 15 is 0 Å². The molecule has 1 aromatic heterocycles. The van der Waals surface area contributed by atoms with Crippen LogP contribution < -0.4 is 5.32 Å². The van der Waals surface area contributed by atoms with Gasteiger partial charge in [-0.15, -0.1) is 0 Å². The summed E-state index contributed by atoms with van der Waals surface area (Å²) in [5.41, 5.74) is 4.61. The van der Waals surface area contributed by atoms with Gasteiger partial charge in [0.25, 0.3) is 0 Å². The fourth-order valence-corrected chi connectivity index (χ4v) is 2.56. The van der Waals surface area contributed by atoms with E-state index in [2.05, 4.69) is 42.6 Å². The molecule has 0 saturated heterocycles. The van der Waals surface area contributed by atoms with Crippen molar-refractivity contribution >= 4 is 11.6 Å². The third-order valence-electron chi connectivity index (χ3n) is 3.32. The molecule has 0 radical (unpaired) electrons. The van der Waals surface area contributed by atoms with Gasteiger partial charge in [0.1, 0.15) is 0 Å². The number of nitrogens with zero attached hydrogens (tertiary/aromatic N) is 2. The second-order valence-corrected chi connectivity index (χ2v) is 5.41. The zero-order chi connectivity index (χ0) is 14.5. The number of hydrogen-bond donors (Lipinski definition) is 1. The lowest BCUT2D eigenvalue weighted by molar-refractivity contribution is 0.727. The summed E-state index contributed by atoms with van der Waals surface area (Å²) < 4.78 is 1.88. The van der Waals surface area contributed by atoms with Gasteiger partial charge in [0.05, 0.1) is 5.69 Å². The topological polar surface area (TPSA) is 29.9 Å². The Labute approximate surface area is 126 Å². The van der Waals surface area contributed by atoms with Gasteiger partial charge in [-0.25, -0.2) is 0 Å². The number of rotatable bonds is 6. The molecular weight excluding hydrogens is 270 g/mol. The summed E-state index contributed by atoms with van der Waals surface area (Å²) in [4.78, 5) is 0.